The number of esters is 2. The van der Waals surface area contributed by atoms with Crippen LogP contribution in [0.4, 0.5) is 0 Å². The van der Waals surface area contributed by atoms with Crippen molar-refractivity contribution in [2.24, 2.45) is 0 Å². The lowest BCUT2D eigenvalue weighted by Crippen LogP contribution is -2.59. The molecule has 328 valence electrons. The molecule has 0 spiro atoms. The highest BCUT2D eigenvalue weighted by atomic mass is 16.7. The van der Waals surface area contributed by atoms with Crippen LogP contribution < -0.4 is 0 Å². The van der Waals surface area contributed by atoms with E-state index in [0.29, 0.717) is 12.8 Å². The normalized spacial score (nSPS) is 20.8. The SMILES string of the molecule is CCCCC/C=C/C/C=C/C/C=C/CCCCC(=O)O[C@@H](COC(=O)CCCCCCCCC/C=C/C/C=C/CCCCC)CO[C@H]1O[C@@H](CO)[C@@H](O)C(O)C1O. The molecule has 0 aromatic rings. The summed E-state index contributed by atoms with van der Waals surface area (Å²) in [6, 6.07) is 0. The minimum Gasteiger partial charge on any atom is -0.462 e. The van der Waals surface area contributed by atoms with E-state index in [4.69, 9.17) is 18.9 Å². The molecular weight excluding hydrogens is 725 g/mol. The highest BCUT2D eigenvalue weighted by Gasteiger charge is 2.44. The Hall–Kier alpha value is -2.60. The fourth-order valence-electron chi connectivity index (χ4n) is 6.28. The van der Waals surface area contributed by atoms with E-state index in [1.807, 2.05) is 0 Å². The second kappa shape index (κ2) is 37.7. The largest absolute Gasteiger partial charge is 0.462 e. The number of aliphatic hydroxyl groups excluding tert-OH is 4. The molecule has 0 aromatic heterocycles. The zero-order valence-electron chi connectivity index (χ0n) is 35.6. The third-order valence-corrected chi connectivity index (χ3v) is 9.88. The Morgan fingerprint density at radius 2 is 0.982 bits per heavy atom. The van der Waals surface area contributed by atoms with Crippen LogP contribution >= 0.6 is 0 Å². The van der Waals surface area contributed by atoms with E-state index in [2.05, 4.69) is 74.6 Å². The monoisotopic (exact) mass is 805 g/mol. The van der Waals surface area contributed by atoms with Crippen molar-refractivity contribution in [2.45, 2.75) is 205 Å². The Morgan fingerprint density at radius 3 is 1.51 bits per heavy atom. The molecule has 57 heavy (non-hydrogen) atoms. The number of unbranched alkanes of at least 4 members (excludes halogenated alkanes) is 15. The van der Waals surface area contributed by atoms with E-state index in [1.165, 1.54) is 64.2 Å². The van der Waals surface area contributed by atoms with Gasteiger partial charge in [-0.05, 0) is 83.5 Å². The average Bonchev–Trinajstić information content (AvgIpc) is 3.21. The lowest BCUT2D eigenvalue weighted by atomic mass is 9.99. The van der Waals surface area contributed by atoms with Gasteiger partial charge in [-0.1, -0.05) is 132 Å². The molecule has 0 bridgehead atoms. The van der Waals surface area contributed by atoms with Gasteiger partial charge in [0.2, 0.25) is 0 Å². The number of hydrogen-bond donors (Lipinski definition) is 4. The van der Waals surface area contributed by atoms with Crippen molar-refractivity contribution in [3.63, 3.8) is 0 Å². The number of carbonyl (C=O) groups excluding carboxylic acids is 2. The Labute approximate surface area is 345 Å². The van der Waals surface area contributed by atoms with Gasteiger partial charge in [-0.25, -0.2) is 0 Å². The summed E-state index contributed by atoms with van der Waals surface area (Å²) in [6.07, 6.45) is 37.9. The van der Waals surface area contributed by atoms with Crippen molar-refractivity contribution >= 4 is 11.9 Å². The number of rotatable bonds is 36. The molecule has 1 fully saturated rings. The first-order chi connectivity index (χ1) is 27.8. The number of ether oxygens (including phenoxy) is 4. The predicted molar refractivity (Wildman–Crippen MR) is 228 cm³/mol. The van der Waals surface area contributed by atoms with E-state index >= 15 is 0 Å². The molecular formula is C47H80O10. The molecule has 2 unspecified atom stereocenters. The van der Waals surface area contributed by atoms with Crippen molar-refractivity contribution in [1.82, 2.24) is 0 Å². The molecule has 0 amide bonds. The molecule has 0 saturated carbocycles. The summed E-state index contributed by atoms with van der Waals surface area (Å²) < 4.78 is 22.1. The van der Waals surface area contributed by atoms with Crippen molar-refractivity contribution in [3.8, 4) is 0 Å². The van der Waals surface area contributed by atoms with Gasteiger partial charge in [-0.3, -0.25) is 9.59 Å². The van der Waals surface area contributed by atoms with E-state index < -0.39 is 55.4 Å². The maximum absolute atomic E-state index is 12.7. The summed E-state index contributed by atoms with van der Waals surface area (Å²) in [4.78, 5) is 25.3. The summed E-state index contributed by atoms with van der Waals surface area (Å²) in [7, 11) is 0. The van der Waals surface area contributed by atoms with Crippen LogP contribution in [0.5, 0.6) is 0 Å². The lowest BCUT2D eigenvalue weighted by Gasteiger charge is -2.39. The molecule has 0 aliphatic carbocycles. The first-order valence-electron chi connectivity index (χ1n) is 22.4. The minimum absolute atomic E-state index is 0.177. The standard InChI is InChI=1S/C47H80O10/c1-3-5-7-9-11-13-15-17-19-20-22-23-25-27-29-31-33-35-42(49)54-38-40(39-55-47-46(53)45(52)44(51)41(37-48)57-47)56-43(50)36-34-32-30-28-26-24-21-18-16-14-12-10-8-6-4-2/h11-14,17-19,21,26,28,40-41,44-48,51-53H,3-10,15-16,20,22-25,27,29-39H2,1-2H3/b13-11+,14-12+,19-17+,21-18+,28-26+/t40-,41-,44+,45?,46?,47-/m0/s1. The zero-order chi connectivity index (χ0) is 41.6. The zero-order valence-corrected chi connectivity index (χ0v) is 35.6. The van der Waals surface area contributed by atoms with Gasteiger partial charge in [0.15, 0.2) is 12.4 Å². The predicted octanol–water partition coefficient (Wildman–Crippen LogP) is 9.44. The number of hydrogen-bond acceptors (Lipinski definition) is 10. The van der Waals surface area contributed by atoms with Crippen LogP contribution in [0.3, 0.4) is 0 Å². The van der Waals surface area contributed by atoms with E-state index in [-0.39, 0.29) is 26.1 Å². The second-order valence-corrected chi connectivity index (χ2v) is 15.1. The summed E-state index contributed by atoms with van der Waals surface area (Å²) in [6.45, 7) is 3.31. The Balaban J connectivity index is 2.37. The van der Waals surface area contributed by atoms with Crippen LogP contribution in [0, 0.1) is 0 Å². The van der Waals surface area contributed by atoms with Crippen LogP contribution in [0.15, 0.2) is 60.8 Å². The van der Waals surface area contributed by atoms with Crippen LogP contribution in [-0.2, 0) is 28.5 Å². The highest BCUT2D eigenvalue weighted by molar-refractivity contribution is 5.70. The average molecular weight is 805 g/mol. The van der Waals surface area contributed by atoms with E-state index in [0.717, 1.165) is 64.2 Å². The van der Waals surface area contributed by atoms with Crippen LogP contribution in [0.25, 0.3) is 0 Å². The first-order valence-corrected chi connectivity index (χ1v) is 22.4. The summed E-state index contributed by atoms with van der Waals surface area (Å²) in [5.41, 5.74) is 0. The van der Waals surface area contributed by atoms with Crippen molar-refractivity contribution in [3.05, 3.63) is 60.8 Å². The van der Waals surface area contributed by atoms with Gasteiger partial charge in [0.1, 0.15) is 31.0 Å². The van der Waals surface area contributed by atoms with E-state index in [1.54, 1.807) is 0 Å². The minimum atomic E-state index is -1.60. The molecule has 10 nitrogen and oxygen atoms in total. The molecule has 1 aliphatic rings. The van der Waals surface area contributed by atoms with Gasteiger partial charge in [-0.2, -0.15) is 0 Å². The third kappa shape index (κ3) is 29.3. The summed E-state index contributed by atoms with van der Waals surface area (Å²) >= 11 is 0. The number of carbonyl (C=O) groups is 2. The van der Waals surface area contributed by atoms with Gasteiger partial charge in [-0.15, -0.1) is 0 Å². The maximum atomic E-state index is 12.7. The van der Waals surface area contributed by atoms with Crippen LogP contribution in [-0.4, -0.2) is 89.0 Å². The van der Waals surface area contributed by atoms with Crippen LogP contribution in [0.2, 0.25) is 0 Å². The fraction of sp³-hybridized carbons (Fsp3) is 0.745. The number of allylic oxidation sites excluding steroid dienone is 10. The second-order valence-electron chi connectivity index (χ2n) is 15.1. The number of aliphatic hydroxyl groups is 4. The van der Waals surface area contributed by atoms with Gasteiger partial charge >= 0.3 is 11.9 Å². The van der Waals surface area contributed by atoms with Crippen LogP contribution in [0.1, 0.15) is 168 Å². The molecule has 10 heteroatoms. The molecule has 4 N–H and O–H groups in total. The molecule has 1 rings (SSSR count). The van der Waals surface area contributed by atoms with Crippen molar-refractivity contribution in [1.29, 1.82) is 0 Å². The Kier molecular flexibility index (Phi) is 34.6. The van der Waals surface area contributed by atoms with Crippen molar-refractivity contribution in [2.75, 3.05) is 19.8 Å². The molecule has 0 aromatic carbocycles. The van der Waals surface area contributed by atoms with E-state index in [9.17, 15) is 30.0 Å². The molecule has 6 atom stereocenters. The highest BCUT2D eigenvalue weighted by Crippen LogP contribution is 2.22. The quantitative estimate of drug-likeness (QED) is 0.0274. The summed E-state index contributed by atoms with van der Waals surface area (Å²) in [5, 5.41) is 40.0. The lowest BCUT2D eigenvalue weighted by molar-refractivity contribution is -0.305. The molecule has 1 aliphatic heterocycles. The molecule has 1 heterocycles. The van der Waals surface area contributed by atoms with Gasteiger partial charge in [0.05, 0.1) is 13.2 Å². The molecule has 0 radical (unpaired) electrons. The van der Waals surface area contributed by atoms with Gasteiger partial charge < -0.3 is 39.4 Å². The maximum Gasteiger partial charge on any atom is 0.306 e. The fourth-order valence-corrected chi connectivity index (χ4v) is 6.28. The summed E-state index contributed by atoms with van der Waals surface area (Å²) in [5.74, 6) is -0.864. The first kappa shape index (κ1) is 52.4. The van der Waals surface area contributed by atoms with Gasteiger partial charge in [0.25, 0.3) is 0 Å². The Morgan fingerprint density at radius 1 is 0.544 bits per heavy atom. The topological polar surface area (TPSA) is 152 Å². The third-order valence-electron chi connectivity index (χ3n) is 9.88. The smallest absolute Gasteiger partial charge is 0.306 e. The Bertz CT molecular complexity index is 1110. The molecule has 1 saturated heterocycles. The van der Waals surface area contributed by atoms with Gasteiger partial charge in [0, 0.05) is 12.8 Å². The van der Waals surface area contributed by atoms with Crippen molar-refractivity contribution < 1.29 is 49.0 Å².